The molecule has 164 valence electrons. The van der Waals surface area contributed by atoms with E-state index < -0.39 is 0 Å². The molecule has 0 radical (unpaired) electrons. The predicted molar refractivity (Wildman–Crippen MR) is 123 cm³/mol. The lowest BCUT2D eigenvalue weighted by molar-refractivity contribution is -0.121. The van der Waals surface area contributed by atoms with Gasteiger partial charge in [-0.3, -0.25) is 14.3 Å². The number of morpholine rings is 1. The number of aromatic nitrogens is 2. The zero-order chi connectivity index (χ0) is 21.6. The zero-order valence-electron chi connectivity index (χ0n) is 18.5. The molecule has 1 fully saturated rings. The van der Waals surface area contributed by atoms with E-state index in [0.29, 0.717) is 19.4 Å². The SMILES string of the molecule is CC1CN(CCCNC(=O)CCc2nc3ccccc3n2-c2ccccc2)CC(C)O1. The van der Waals surface area contributed by atoms with Gasteiger partial charge in [-0.05, 0) is 44.5 Å². The lowest BCUT2D eigenvalue weighted by Gasteiger charge is -2.35. The first kappa shape index (κ1) is 21.5. The smallest absolute Gasteiger partial charge is 0.220 e. The molecular formula is C25H32N4O2. The summed E-state index contributed by atoms with van der Waals surface area (Å²) in [4.78, 5) is 19.7. The fraction of sp³-hybridized carbons (Fsp3) is 0.440. The molecule has 1 aliphatic rings. The van der Waals surface area contributed by atoms with Crippen LogP contribution in [0, 0.1) is 0 Å². The topological polar surface area (TPSA) is 59.4 Å². The van der Waals surface area contributed by atoms with Crippen molar-refractivity contribution in [3.8, 4) is 5.69 Å². The standard InChI is InChI=1S/C25H32N4O2/c1-19-17-28(18-20(2)31-19)16-8-15-26-25(30)14-13-24-27-22-11-6-7-12-23(22)29(24)21-9-4-3-5-10-21/h3-7,9-12,19-20H,8,13-18H2,1-2H3,(H,26,30). The van der Waals surface area contributed by atoms with E-state index in [9.17, 15) is 4.79 Å². The van der Waals surface area contributed by atoms with Crippen molar-refractivity contribution in [3.05, 3.63) is 60.4 Å². The van der Waals surface area contributed by atoms with Gasteiger partial charge in [0.15, 0.2) is 0 Å². The van der Waals surface area contributed by atoms with Gasteiger partial charge < -0.3 is 10.1 Å². The van der Waals surface area contributed by atoms with Gasteiger partial charge in [-0.1, -0.05) is 30.3 Å². The number of hydrogen-bond donors (Lipinski definition) is 1. The second-order valence-corrected chi connectivity index (χ2v) is 8.41. The lowest BCUT2D eigenvalue weighted by atomic mass is 10.2. The molecule has 3 aromatic rings. The summed E-state index contributed by atoms with van der Waals surface area (Å²) in [5.74, 6) is 0.995. The number of rotatable bonds is 8. The molecule has 0 saturated carbocycles. The molecular weight excluding hydrogens is 388 g/mol. The van der Waals surface area contributed by atoms with Crippen LogP contribution in [0.15, 0.2) is 54.6 Å². The molecule has 6 nitrogen and oxygen atoms in total. The molecule has 0 bridgehead atoms. The van der Waals surface area contributed by atoms with Gasteiger partial charge >= 0.3 is 0 Å². The molecule has 6 heteroatoms. The molecule has 2 aromatic carbocycles. The Labute approximate surface area is 184 Å². The fourth-order valence-electron chi connectivity index (χ4n) is 4.42. The van der Waals surface area contributed by atoms with Gasteiger partial charge in [-0.25, -0.2) is 4.98 Å². The Hall–Kier alpha value is -2.70. The third-order valence-corrected chi connectivity index (χ3v) is 5.69. The van der Waals surface area contributed by atoms with Crippen LogP contribution in [0.4, 0.5) is 0 Å². The largest absolute Gasteiger partial charge is 0.373 e. The van der Waals surface area contributed by atoms with E-state index in [1.165, 1.54) is 0 Å². The highest BCUT2D eigenvalue weighted by atomic mass is 16.5. The van der Waals surface area contributed by atoms with Gasteiger partial charge in [0.05, 0.1) is 23.2 Å². The highest BCUT2D eigenvalue weighted by Crippen LogP contribution is 2.22. The van der Waals surface area contributed by atoms with Crippen LogP contribution >= 0.6 is 0 Å². The average molecular weight is 421 g/mol. The van der Waals surface area contributed by atoms with Crippen LogP contribution in [-0.4, -0.2) is 58.7 Å². The highest BCUT2D eigenvalue weighted by molar-refractivity contribution is 5.79. The number of imidazole rings is 1. The van der Waals surface area contributed by atoms with Crippen molar-refractivity contribution in [2.75, 3.05) is 26.2 Å². The second-order valence-electron chi connectivity index (χ2n) is 8.41. The minimum absolute atomic E-state index is 0.0791. The predicted octanol–water partition coefficient (Wildman–Crippen LogP) is 3.57. The van der Waals surface area contributed by atoms with Crippen LogP contribution in [0.25, 0.3) is 16.7 Å². The number of carbonyl (C=O) groups is 1. The summed E-state index contributed by atoms with van der Waals surface area (Å²) in [6, 6.07) is 18.3. The maximum atomic E-state index is 12.5. The van der Waals surface area contributed by atoms with Crippen molar-refractivity contribution < 1.29 is 9.53 Å². The number of carbonyl (C=O) groups excluding carboxylic acids is 1. The first-order chi connectivity index (χ1) is 15.1. The first-order valence-electron chi connectivity index (χ1n) is 11.3. The van der Waals surface area contributed by atoms with E-state index in [0.717, 1.165) is 48.6 Å². The van der Waals surface area contributed by atoms with Crippen LogP contribution in [0.2, 0.25) is 0 Å². The van der Waals surface area contributed by atoms with E-state index in [1.807, 2.05) is 36.4 Å². The molecule has 1 N–H and O–H groups in total. The van der Waals surface area contributed by atoms with Gasteiger partial charge in [0.1, 0.15) is 5.82 Å². The molecule has 4 rings (SSSR count). The summed E-state index contributed by atoms with van der Waals surface area (Å²) in [6.45, 7) is 7.86. The molecule has 0 spiro atoms. The molecule has 2 unspecified atom stereocenters. The van der Waals surface area contributed by atoms with Crippen molar-refractivity contribution in [1.82, 2.24) is 19.8 Å². The Morgan fingerprint density at radius 3 is 2.55 bits per heavy atom. The van der Waals surface area contributed by atoms with E-state index >= 15 is 0 Å². The van der Waals surface area contributed by atoms with Gasteiger partial charge in [-0.15, -0.1) is 0 Å². The molecule has 1 aliphatic heterocycles. The van der Waals surface area contributed by atoms with Crippen molar-refractivity contribution in [1.29, 1.82) is 0 Å². The van der Waals surface area contributed by atoms with Crippen molar-refractivity contribution >= 4 is 16.9 Å². The Kier molecular flexibility index (Phi) is 6.99. The van der Waals surface area contributed by atoms with Crippen LogP contribution < -0.4 is 5.32 Å². The summed E-state index contributed by atoms with van der Waals surface area (Å²) in [6.07, 6.45) is 2.55. The minimum atomic E-state index is 0.0791. The molecule has 31 heavy (non-hydrogen) atoms. The fourth-order valence-corrected chi connectivity index (χ4v) is 4.42. The molecule has 0 aliphatic carbocycles. The van der Waals surface area contributed by atoms with E-state index in [2.05, 4.69) is 46.8 Å². The third-order valence-electron chi connectivity index (χ3n) is 5.69. The van der Waals surface area contributed by atoms with Crippen LogP contribution in [0.1, 0.15) is 32.5 Å². The van der Waals surface area contributed by atoms with Crippen LogP contribution in [0.5, 0.6) is 0 Å². The molecule has 2 heterocycles. The minimum Gasteiger partial charge on any atom is -0.373 e. The summed E-state index contributed by atoms with van der Waals surface area (Å²) in [7, 11) is 0. The zero-order valence-corrected chi connectivity index (χ0v) is 18.5. The summed E-state index contributed by atoms with van der Waals surface area (Å²) in [5.41, 5.74) is 3.09. The average Bonchev–Trinajstić information content (AvgIpc) is 3.14. The van der Waals surface area contributed by atoms with E-state index in [4.69, 9.17) is 9.72 Å². The molecule has 1 amide bonds. The monoisotopic (exact) mass is 420 g/mol. The normalized spacial score (nSPS) is 19.5. The van der Waals surface area contributed by atoms with E-state index in [-0.39, 0.29) is 18.1 Å². The number of benzene rings is 2. The number of ether oxygens (including phenoxy) is 1. The van der Waals surface area contributed by atoms with Crippen molar-refractivity contribution in [2.24, 2.45) is 0 Å². The molecule has 2 atom stereocenters. The first-order valence-corrected chi connectivity index (χ1v) is 11.3. The van der Waals surface area contributed by atoms with Gasteiger partial charge in [0, 0.05) is 44.7 Å². The maximum absolute atomic E-state index is 12.5. The summed E-state index contributed by atoms with van der Waals surface area (Å²) < 4.78 is 7.94. The van der Waals surface area contributed by atoms with Crippen LogP contribution in [0.3, 0.4) is 0 Å². The molecule has 1 saturated heterocycles. The number of aryl methyl sites for hydroxylation is 1. The Morgan fingerprint density at radius 2 is 1.77 bits per heavy atom. The maximum Gasteiger partial charge on any atom is 0.220 e. The highest BCUT2D eigenvalue weighted by Gasteiger charge is 2.21. The number of nitrogens with one attached hydrogen (secondary N) is 1. The third kappa shape index (κ3) is 5.51. The van der Waals surface area contributed by atoms with Gasteiger partial charge in [-0.2, -0.15) is 0 Å². The molecule has 1 aromatic heterocycles. The number of fused-ring (bicyclic) bond motifs is 1. The van der Waals surface area contributed by atoms with Crippen molar-refractivity contribution in [2.45, 2.75) is 45.3 Å². The second kappa shape index (κ2) is 10.1. The van der Waals surface area contributed by atoms with Gasteiger partial charge in [0.2, 0.25) is 5.91 Å². The Balaban J connectivity index is 1.31. The number of para-hydroxylation sites is 3. The lowest BCUT2D eigenvalue weighted by Crippen LogP contribution is -2.46. The Bertz CT molecular complexity index is 991. The number of hydrogen-bond acceptors (Lipinski definition) is 4. The summed E-state index contributed by atoms with van der Waals surface area (Å²) in [5, 5.41) is 3.07. The van der Waals surface area contributed by atoms with Crippen molar-refractivity contribution in [3.63, 3.8) is 0 Å². The van der Waals surface area contributed by atoms with E-state index in [1.54, 1.807) is 0 Å². The Morgan fingerprint density at radius 1 is 1.06 bits per heavy atom. The quantitative estimate of drug-likeness (QED) is 0.566. The number of nitrogens with zero attached hydrogens (tertiary/aromatic N) is 3. The summed E-state index contributed by atoms with van der Waals surface area (Å²) >= 11 is 0. The van der Waals surface area contributed by atoms with Gasteiger partial charge in [0.25, 0.3) is 0 Å². The van der Waals surface area contributed by atoms with Crippen LogP contribution in [-0.2, 0) is 16.0 Å². The number of amides is 1.